The third-order valence-corrected chi connectivity index (χ3v) is 14.9. The summed E-state index contributed by atoms with van der Waals surface area (Å²) in [7, 11) is 0. The van der Waals surface area contributed by atoms with Crippen molar-refractivity contribution in [3.05, 3.63) is 135 Å². The summed E-state index contributed by atoms with van der Waals surface area (Å²) in [6.45, 7) is 13.5. The molecule has 2 aliphatic heterocycles. The zero-order valence-electron chi connectivity index (χ0n) is 47.0. The van der Waals surface area contributed by atoms with E-state index in [9.17, 15) is 0 Å². The SMILES string of the molecule is CCCCCCCCCCc1c2nc(c(C#Cc3ccc(N(CCCCCC)CCCCCC)cc3)c3ccc([n-]3)c(CCCCCCCCCC)c3nc(c(C#Cc4ccc(C)cc4)c4ccc1[n-]4)C=C3)C=C2.[Zn+2]. The van der Waals surface area contributed by atoms with Crippen molar-refractivity contribution in [3.63, 3.8) is 0 Å². The maximum atomic E-state index is 5.46. The van der Waals surface area contributed by atoms with Gasteiger partial charge in [-0.05, 0) is 117 Å². The quantitative estimate of drug-likeness (QED) is 0.0266. The second kappa shape index (κ2) is 32.9. The molecule has 75 heavy (non-hydrogen) atoms. The summed E-state index contributed by atoms with van der Waals surface area (Å²) in [6, 6.07) is 26.1. The van der Waals surface area contributed by atoms with Crippen LogP contribution in [0.1, 0.15) is 244 Å². The average molecular weight is 1050 g/mol. The van der Waals surface area contributed by atoms with Crippen molar-refractivity contribution in [1.29, 1.82) is 0 Å². The summed E-state index contributed by atoms with van der Waals surface area (Å²) in [6.07, 6.45) is 40.7. The number of rotatable bonds is 29. The van der Waals surface area contributed by atoms with Crippen molar-refractivity contribution in [2.75, 3.05) is 18.0 Å². The fourth-order valence-corrected chi connectivity index (χ4v) is 10.3. The Labute approximate surface area is 466 Å². The zero-order chi connectivity index (χ0) is 51.6. The Morgan fingerprint density at radius 2 is 0.720 bits per heavy atom. The van der Waals surface area contributed by atoms with Crippen LogP contribution in [-0.4, -0.2) is 23.1 Å². The van der Waals surface area contributed by atoms with Gasteiger partial charge in [0.15, 0.2) is 0 Å². The van der Waals surface area contributed by atoms with Gasteiger partial charge in [-0.25, -0.2) is 9.97 Å². The number of hydrogen-bond acceptors (Lipinski definition) is 3. The Morgan fingerprint density at radius 3 is 1.13 bits per heavy atom. The van der Waals surface area contributed by atoms with E-state index in [0.717, 1.165) is 117 Å². The van der Waals surface area contributed by atoms with Crippen molar-refractivity contribution in [2.24, 2.45) is 0 Å². The van der Waals surface area contributed by atoms with Crippen LogP contribution in [0.25, 0.3) is 46.4 Å². The molecule has 0 spiro atoms. The van der Waals surface area contributed by atoms with Crippen molar-refractivity contribution >= 4 is 52.1 Å². The van der Waals surface area contributed by atoms with E-state index in [2.05, 4.69) is 160 Å². The third kappa shape index (κ3) is 18.4. The van der Waals surface area contributed by atoms with Gasteiger partial charge >= 0.3 is 19.5 Å². The number of hydrogen-bond donors (Lipinski definition) is 0. The second-order valence-corrected chi connectivity index (χ2v) is 21.0. The van der Waals surface area contributed by atoms with Crippen LogP contribution in [0.2, 0.25) is 0 Å². The minimum atomic E-state index is 0. The molecule has 8 bridgehead atoms. The maximum Gasteiger partial charge on any atom is 2.00 e. The monoisotopic (exact) mass is 1050 g/mol. The Hall–Kier alpha value is -5.42. The van der Waals surface area contributed by atoms with Gasteiger partial charge in [0.25, 0.3) is 0 Å². The van der Waals surface area contributed by atoms with Crippen LogP contribution in [0.5, 0.6) is 0 Å². The number of anilines is 1. The van der Waals surface area contributed by atoms with E-state index in [0.29, 0.717) is 0 Å². The van der Waals surface area contributed by atoms with Crippen molar-refractivity contribution < 1.29 is 19.5 Å². The first-order valence-electron chi connectivity index (χ1n) is 29.5. The van der Waals surface area contributed by atoms with E-state index in [1.807, 2.05) is 0 Å². The van der Waals surface area contributed by atoms with Crippen LogP contribution in [0.4, 0.5) is 5.69 Å². The topological polar surface area (TPSA) is 57.2 Å². The molecule has 5 heterocycles. The van der Waals surface area contributed by atoms with Crippen LogP contribution >= 0.6 is 0 Å². The molecule has 6 heteroatoms. The van der Waals surface area contributed by atoms with Gasteiger partial charge in [0.05, 0.1) is 22.8 Å². The molecular weight excluding hydrogens is 964 g/mol. The Morgan fingerprint density at radius 1 is 0.373 bits per heavy atom. The van der Waals surface area contributed by atoms with Gasteiger partial charge < -0.3 is 14.9 Å². The molecule has 0 fully saturated rings. The average Bonchev–Trinajstić information content (AvgIpc) is 4.28. The fourth-order valence-electron chi connectivity index (χ4n) is 10.3. The van der Waals surface area contributed by atoms with Crippen LogP contribution < -0.4 is 14.9 Å². The van der Waals surface area contributed by atoms with Gasteiger partial charge in [0.1, 0.15) is 0 Å². The van der Waals surface area contributed by atoms with Crippen molar-refractivity contribution in [3.8, 4) is 23.7 Å². The molecule has 0 aliphatic carbocycles. The van der Waals surface area contributed by atoms with E-state index in [1.165, 1.54) is 153 Å². The Balaban J connectivity index is 0.00000914. The standard InChI is InChI=1S/C69H87N5.Zn/c1-6-10-14-18-20-22-24-26-30-58-62-44-48-66(70-62)60(42-38-55-34-32-54(5)33-35-55)67-49-45-63(71-67)59(31-27-25-23-21-19-15-11-7-2)65-47-51-69(73-65)61(68-50-46-64(58)72-68)43-39-56-36-40-57(41-37-56)74(52-28-16-12-8-3)53-29-17-13-9-4;/h32-37,40-41,44-51H,6-31,52-53H2,1-5H3;/q-2;+2. The molecule has 0 saturated carbocycles. The smallest absolute Gasteiger partial charge is 0.656 e. The van der Waals surface area contributed by atoms with Crippen LogP contribution in [0, 0.1) is 30.6 Å². The van der Waals surface area contributed by atoms with Crippen LogP contribution in [0.3, 0.4) is 0 Å². The number of unbranched alkanes of at least 4 members (excludes halogenated alkanes) is 20. The molecule has 0 radical (unpaired) electrons. The van der Waals surface area contributed by atoms with E-state index in [-0.39, 0.29) is 19.5 Å². The molecule has 7 rings (SSSR count). The molecule has 5 aromatic rings. The number of aromatic nitrogens is 4. The normalized spacial score (nSPS) is 11.5. The summed E-state index contributed by atoms with van der Waals surface area (Å²) in [5.41, 5.74) is 15.7. The minimum Gasteiger partial charge on any atom is -0.656 e. The predicted octanol–water partition coefficient (Wildman–Crippen LogP) is 18.4. The van der Waals surface area contributed by atoms with E-state index in [4.69, 9.17) is 19.9 Å². The van der Waals surface area contributed by atoms with E-state index < -0.39 is 0 Å². The molecular formula is C69H87N5Zn. The van der Waals surface area contributed by atoms with Gasteiger partial charge in [-0.3, -0.25) is 0 Å². The largest absolute Gasteiger partial charge is 2.00 e. The molecule has 0 N–H and O–H groups in total. The molecule has 390 valence electrons. The first-order valence-corrected chi connectivity index (χ1v) is 29.5. The fraction of sp³-hybridized carbons (Fsp3) is 0.478. The summed E-state index contributed by atoms with van der Waals surface area (Å²) < 4.78 is 0. The Bertz CT molecular complexity index is 2840. The summed E-state index contributed by atoms with van der Waals surface area (Å²) in [4.78, 5) is 24.4. The molecule has 2 aliphatic rings. The summed E-state index contributed by atoms with van der Waals surface area (Å²) >= 11 is 0. The minimum absolute atomic E-state index is 0. The van der Waals surface area contributed by atoms with Gasteiger partial charge in [-0.1, -0.05) is 222 Å². The molecule has 0 saturated heterocycles. The molecule has 0 unspecified atom stereocenters. The van der Waals surface area contributed by atoms with Gasteiger partial charge in [-0.2, -0.15) is 0 Å². The van der Waals surface area contributed by atoms with Gasteiger partial charge in [-0.15, -0.1) is 22.1 Å². The first kappa shape index (κ1) is 58.8. The molecule has 3 aromatic heterocycles. The van der Waals surface area contributed by atoms with Gasteiger partial charge in [0, 0.05) is 41.0 Å². The first-order chi connectivity index (χ1) is 36.5. The van der Waals surface area contributed by atoms with Crippen molar-refractivity contribution in [1.82, 2.24) is 19.9 Å². The molecule has 0 atom stereocenters. The third-order valence-electron chi connectivity index (χ3n) is 14.9. The predicted molar refractivity (Wildman–Crippen MR) is 320 cm³/mol. The molecule has 0 amide bonds. The zero-order valence-corrected chi connectivity index (χ0v) is 49.9. The molecule has 5 nitrogen and oxygen atoms in total. The number of nitrogens with zero attached hydrogens (tertiary/aromatic N) is 5. The Kier molecular flexibility index (Phi) is 25.8. The summed E-state index contributed by atoms with van der Waals surface area (Å²) in [5, 5.41) is 0. The molecule has 2 aromatic carbocycles. The number of fused-ring (bicyclic) bond motifs is 8. The van der Waals surface area contributed by atoms with E-state index >= 15 is 0 Å². The van der Waals surface area contributed by atoms with Crippen molar-refractivity contribution in [2.45, 2.75) is 202 Å². The van der Waals surface area contributed by atoms with Crippen LogP contribution in [-0.2, 0) is 32.3 Å². The number of benzene rings is 2. The number of aryl methyl sites for hydroxylation is 3. The van der Waals surface area contributed by atoms with Gasteiger partial charge in [0.2, 0.25) is 0 Å². The van der Waals surface area contributed by atoms with Crippen LogP contribution in [0.15, 0.2) is 72.8 Å². The summed E-state index contributed by atoms with van der Waals surface area (Å²) in [5.74, 6) is 14.3. The maximum absolute atomic E-state index is 5.46. The van der Waals surface area contributed by atoms with E-state index in [1.54, 1.807) is 0 Å². The second-order valence-electron chi connectivity index (χ2n) is 21.0.